The molecule has 0 saturated heterocycles. The molecule has 29 heavy (non-hydrogen) atoms. The largest absolute Gasteiger partial charge is 0.454 e. The molecule has 0 aliphatic rings. The molecule has 0 aliphatic heterocycles. The van der Waals surface area contributed by atoms with Gasteiger partial charge in [-0.05, 0) is 30.3 Å². The summed E-state index contributed by atoms with van der Waals surface area (Å²) in [4.78, 5) is 35.7. The zero-order valence-electron chi connectivity index (χ0n) is 15.4. The Kier molecular flexibility index (Phi) is 5.90. The Hall–Kier alpha value is -4.12. The Bertz CT molecular complexity index is 1110. The third-order valence-corrected chi connectivity index (χ3v) is 4.28. The number of para-hydroxylation sites is 1. The van der Waals surface area contributed by atoms with Crippen LogP contribution in [0.2, 0.25) is 0 Å². The number of amides is 2. The van der Waals surface area contributed by atoms with Crippen LogP contribution in [-0.4, -0.2) is 29.0 Å². The lowest BCUT2D eigenvalue weighted by atomic mass is 10.1. The van der Waals surface area contributed by atoms with Crippen molar-refractivity contribution in [1.29, 1.82) is 5.26 Å². The van der Waals surface area contributed by atoms with E-state index in [-0.39, 0.29) is 11.3 Å². The predicted molar refractivity (Wildman–Crippen MR) is 106 cm³/mol. The molecule has 146 valence electrons. The van der Waals surface area contributed by atoms with Gasteiger partial charge in [-0.25, -0.2) is 9.59 Å². The highest BCUT2D eigenvalue weighted by atomic mass is 16.5. The molecule has 0 bridgehead atoms. The number of nitrogens with zero attached hydrogens (tertiary/aromatic N) is 2. The van der Waals surface area contributed by atoms with Crippen molar-refractivity contribution in [3.05, 3.63) is 65.9 Å². The van der Waals surface area contributed by atoms with Crippen molar-refractivity contribution in [2.24, 2.45) is 5.73 Å². The number of primary amides is 1. The van der Waals surface area contributed by atoms with E-state index in [0.29, 0.717) is 24.2 Å². The minimum absolute atomic E-state index is 0.240. The number of ketones is 1. The van der Waals surface area contributed by atoms with Gasteiger partial charge < -0.3 is 20.4 Å². The molecule has 2 amide bonds. The number of carbonyl (C=O) groups is 3. The Morgan fingerprint density at radius 2 is 1.83 bits per heavy atom. The third-order valence-electron chi connectivity index (χ3n) is 4.28. The lowest BCUT2D eigenvalue weighted by Gasteiger charge is -2.05. The summed E-state index contributed by atoms with van der Waals surface area (Å²) in [6.45, 7) is 0.0577. The quantitative estimate of drug-likeness (QED) is 0.473. The highest BCUT2D eigenvalue weighted by molar-refractivity contribution is 6.09. The van der Waals surface area contributed by atoms with Gasteiger partial charge in [-0.2, -0.15) is 5.26 Å². The SMILES string of the molecule is N#CCCn1cc(C(=O)COC(=O)c2ccc(NC(N)=O)cc2)c2ccccc21. The topological polar surface area (TPSA) is 127 Å². The molecule has 3 rings (SSSR count). The fraction of sp³-hybridized carbons (Fsp3) is 0.143. The Balaban J connectivity index is 1.70. The van der Waals surface area contributed by atoms with Gasteiger partial charge in [-0.3, -0.25) is 4.79 Å². The molecule has 0 atom stereocenters. The second kappa shape index (κ2) is 8.71. The molecule has 1 aromatic heterocycles. The van der Waals surface area contributed by atoms with Gasteiger partial charge in [0, 0.05) is 34.9 Å². The van der Waals surface area contributed by atoms with Crippen LogP contribution in [0.3, 0.4) is 0 Å². The normalized spacial score (nSPS) is 10.3. The highest BCUT2D eigenvalue weighted by Gasteiger charge is 2.17. The lowest BCUT2D eigenvalue weighted by molar-refractivity contribution is 0.0475. The number of Topliss-reactive ketones (excluding diaryl/α,β-unsaturated/α-hetero) is 1. The zero-order valence-corrected chi connectivity index (χ0v) is 15.4. The number of aromatic nitrogens is 1. The van der Waals surface area contributed by atoms with E-state index in [4.69, 9.17) is 15.7 Å². The number of rotatable bonds is 7. The lowest BCUT2D eigenvalue weighted by Crippen LogP contribution is -2.19. The van der Waals surface area contributed by atoms with Crippen molar-refractivity contribution in [2.75, 3.05) is 11.9 Å². The van der Waals surface area contributed by atoms with E-state index in [1.807, 2.05) is 28.8 Å². The van der Waals surface area contributed by atoms with E-state index in [2.05, 4.69) is 11.4 Å². The van der Waals surface area contributed by atoms with E-state index in [1.165, 1.54) is 24.3 Å². The number of urea groups is 1. The fourth-order valence-corrected chi connectivity index (χ4v) is 2.95. The van der Waals surface area contributed by atoms with Crippen LogP contribution in [0.4, 0.5) is 10.5 Å². The molecule has 1 heterocycles. The molecule has 2 aromatic carbocycles. The molecule has 0 saturated carbocycles. The first-order chi connectivity index (χ1) is 14.0. The number of nitriles is 1. The molecule has 3 aromatic rings. The van der Waals surface area contributed by atoms with Crippen LogP contribution >= 0.6 is 0 Å². The van der Waals surface area contributed by atoms with Crippen LogP contribution < -0.4 is 11.1 Å². The average Bonchev–Trinajstić information content (AvgIpc) is 3.09. The van der Waals surface area contributed by atoms with Gasteiger partial charge >= 0.3 is 12.0 Å². The first kappa shape index (κ1) is 19.6. The molecular formula is C21H18N4O4. The number of nitrogens with one attached hydrogen (secondary N) is 1. The van der Waals surface area contributed by atoms with Gasteiger partial charge in [0.1, 0.15) is 0 Å². The zero-order chi connectivity index (χ0) is 20.8. The van der Waals surface area contributed by atoms with Gasteiger partial charge in [-0.1, -0.05) is 18.2 Å². The molecular weight excluding hydrogens is 372 g/mol. The number of ether oxygens (including phenoxy) is 1. The van der Waals surface area contributed by atoms with Crippen molar-refractivity contribution in [3.63, 3.8) is 0 Å². The van der Waals surface area contributed by atoms with Crippen LogP contribution in [0.1, 0.15) is 27.1 Å². The second-order valence-electron chi connectivity index (χ2n) is 6.23. The Morgan fingerprint density at radius 1 is 1.10 bits per heavy atom. The molecule has 0 unspecified atom stereocenters. The van der Waals surface area contributed by atoms with Gasteiger partial charge in [-0.15, -0.1) is 0 Å². The summed E-state index contributed by atoms with van der Waals surface area (Å²) in [5.41, 5.74) is 6.99. The minimum Gasteiger partial charge on any atom is -0.454 e. The van der Waals surface area contributed by atoms with Crippen LogP contribution in [0, 0.1) is 11.3 Å². The number of nitrogens with two attached hydrogens (primary N) is 1. The van der Waals surface area contributed by atoms with Gasteiger partial charge in [0.15, 0.2) is 6.61 Å². The van der Waals surface area contributed by atoms with Crippen molar-refractivity contribution in [3.8, 4) is 6.07 Å². The number of fused-ring (bicyclic) bond motifs is 1. The van der Waals surface area contributed by atoms with E-state index in [1.54, 1.807) is 6.20 Å². The average molecular weight is 390 g/mol. The van der Waals surface area contributed by atoms with Gasteiger partial charge in [0.05, 0.1) is 18.1 Å². The maximum absolute atomic E-state index is 12.6. The van der Waals surface area contributed by atoms with E-state index < -0.39 is 18.6 Å². The summed E-state index contributed by atoms with van der Waals surface area (Å²) in [5.74, 6) is -0.991. The molecule has 8 heteroatoms. The van der Waals surface area contributed by atoms with Crippen molar-refractivity contribution in [1.82, 2.24) is 4.57 Å². The van der Waals surface area contributed by atoms with Gasteiger partial charge in [0.25, 0.3) is 0 Å². The monoisotopic (exact) mass is 390 g/mol. The summed E-state index contributed by atoms with van der Waals surface area (Å²) in [5, 5.41) is 11.9. The maximum atomic E-state index is 12.6. The summed E-state index contributed by atoms with van der Waals surface area (Å²) >= 11 is 0. The first-order valence-electron chi connectivity index (χ1n) is 8.81. The van der Waals surface area contributed by atoms with E-state index in [0.717, 1.165) is 10.9 Å². The van der Waals surface area contributed by atoms with Crippen LogP contribution in [0.5, 0.6) is 0 Å². The highest BCUT2D eigenvalue weighted by Crippen LogP contribution is 2.22. The fourth-order valence-electron chi connectivity index (χ4n) is 2.95. The molecule has 8 nitrogen and oxygen atoms in total. The van der Waals surface area contributed by atoms with E-state index >= 15 is 0 Å². The number of anilines is 1. The number of hydrogen-bond donors (Lipinski definition) is 2. The molecule has 0 radical (unpaired) electrons. The van der Waals surface area contributed by atoms with Crippen molar-refractivity contribution >= 4 is 34.4 Å². The number of aryl methyl sites for hydroxylation is 1. The van der Waals surface area contributed by atoms with Crippen molar-refractivity contribution < 1.29 is 19.1 Å². The molecule has 3 N–H and O–H groups in total. The summed E-state index contributed by atoms with van der Waals surface area (Å²) < 4.78 is 6.99. The summed E-state index contributed by atoms with van der Waals surface area (Å²) in [7, 11) is 0. The Morgan fingerprint density at radius 3 is 2.52 bits per heavy atom. The van der Waals surface area contributed by atoms with E-state index in [9.17, 15) is 14.4 Å². The number of carbonyl (C=O) groups excluding carboxylic acids is 3. The maximum Gasteiger partial charge on any atom is 0.338 e. The van der Waals surface area contributed by atoms with Crippen LogP contribution in [-0.2, 0) is 11.3 Å². The number of hydrogen-bond acceptors (Lipinski definition) is 5. The Labute approximate surface area is 166 Å². The van der Waals surface area contributed by atoms with Gasteiger partial charge in [0.2, 0.25) is 5.78 Å². The predicted octanol–water partition coefficient (Wildman–Crippen LogP) is 3.09. The summed E-state index contributed by atoms with van der Waals surface area (Å²) in [6, 6.07) is 14.7. The molecule has 0 spiro atoms. The number of benzene rings is 2. The summed E-state index contributed by atoms with van der Waals surface area (Å²) in [6.07, 6.45) is 2.00. The number of esters is 1. The first-order valence-corrected chi connectivity index (χ1v) is 8.81. The molecule has 0 fully saturated rings. The standard InChI is InChI=1S/C21H18N4O4/c22-10-3-11-25-12-17(16-4-1-2-5-18(16)25)19(26)13-29-20(27)14-6-8-15(9-7-14)24-21(23)28/h1-2,4-9,12H,3,11,13H2,(H3,23,24,28). The smallest absolute Gasteiger partial charge is 0.338 e. The molecule has 0 aliphatic carbocycles. The minimum atomic E-state index is -0.708. The van der Waals surface area contributed by atoms with Crippen LogP contribution in [0.15, 0.2) is 54.7 Å². The van der Waals surface area contributed by atoms with Crippen LogP contribution in [0.25, 0.3) is 10.9 Å². The second-order valence-corrected chi connectivity index (χ2v) is 6.23. The third kappa shape index (κ3) is 4.59. The van der Waals surface area contributed by atoms with Crippen molar-refractivity contribution in [2.45, 2.75) is 13.0 Å².